The lowest BCUT2D eigenvalue weighted by molar-refractivity contribution is 0.299. The van der Waals surface area contributed by atoms with Crippen LogP contribution in [0.2, 0.25) is 0 Å². The highest BCUT2D eigenvalue weighted by Crippen LogP contribution is 2.31. The van der Waals surface area contributed by atoms with Gasteiger partial charge in [-0.05, 0) is 31.4 Å². The van der Waals surface area contributed by atoms with Crippen LogP contribution < -0.4 is 5.56 Å². The summed E-state index contributed by atoms with van der Waals surface area (Å²) in [6.07, 6.45) is 3.30. The molecular weight excluding hydrogens is 236 g/mol. The van der Waals surface area contributed by atoms with Crippen molar-refractivity contribution in [1.82, 2.24) is 9.55 Å². The second-order valence-electron chi connectivity index (χ2n) is 4.44. The monoisotopic (exact) mass is 248 g/mol. The predicted molar refractivity (Wildman–Crippen MR) is 68.4 cm³/mol. The molecule has 1 aromatic carbocycles. The first-order chi connectivity index (χ1) is 8.31. The Morgan fingerprint density at radius 2 is 2.12 bits per heavy atom. The van der Waals surface area contributed by atoms with Crippen LogP contribution in [0, 0.1) is 0 Å². The molecule has 1 aromatic heterocycles. The normalized spacial score (nSPS) is 16.1. The molecule has 0 aliphatic heterocycles. The molecular formula is C13H13ClN2O. The summed E-state index contributed by atoms with van der Waals surface area (Å²) in [5, 5.41) is 0.688. The number of aromatic nitrogens is 2. The largest absolute Gasteiger partial charge is 0.292 e. The first-order valence-electron chi connectivity index (χ1n) is 5.87. The number of halogens is 1. The molecule has 1 aliphatic rings. The second kappa shape index (κ2) is 4.15. The van der Waals surface area contributed by atoms with E-state index in [-0.39, 0.29) is 11.4 Å². The van der Waals surface area contributed by atoms with Gasteiger partial charge in [0.25, 0.3) is 5.56 Å². The number of para-hydroxylation sites is 1. The molecule has 1 fully saturated rings. The van der Waals surface area contributed by atoms with E-state index in [1.54, 1.807) is 4.57 Å². The summed E-state index contributed by atoms with van der Waals surface area (Å²) in [6, 6.07) is 7.75. The molecule has 1 saturated carbocycles. The summed E-state index contributed by atoms with van der Waals surface area (Å²) in [7, 11) is 0. The lowest BCUT2D eigenvalue weighted by Gasteiger charge is -2.29. The number of fused-ring (bicyclic) bond motifs is 1. The fourth-order valence-electron chi connectivity index (χ4n) is 2.31. The number of hydrogen-bond acceptors (Lipinski definition) is 2. The molecule has 3 rings (SSSR count). The second-order valence-corrected chi connectivity index (χ2v) is 4.71. The van der Waals surface area contributed by atoms with Gasteiger partial charge in [-0.25, -0.2) is 4.98 Å². The molecule has 17 heavy (non-hydrogen) atoms. The van der Waals surface area contributed by atoms with Gasteiger partial charge in [0.1, 0.15) is 5.82 Å². The molecule has 0 radical (unpaired) electrons. The Bertz CT molecular complexity index is 616. The fourth-order valence-corrected chi connectivity index (χ4v) is 2.50. The van der Waals surface area contributed by atoms with Gasteiger partial charge in [-0.1, -0.05) is 12.1 Å². The topological polar surface area (TPSA) is 34.9 Å². The van der Waals surface area contributed by atoms with Gasteiger partial charge in [0, 0.05) is 6.04 Å². The van der Waals surface area contributed by atoms with E-state index in [2.05, 4.69) is 4.98 Å². The van der Waals surface area contributed by atoms with Gasteiger partial charge in [-0.3, -0.25) is 9.36 Å². The first-order valence-corrected chi connectivity index (χ1v) is 6.41. The third-order valence-electron chi connectivity index (χ3n) is 3.44. The van der Waals surface area contributed by atoms with E-state index in [1.807, 2.05) is 24.3 Å². The number of alkyl halides is 1. The van der Waals surface area contributed by atoms with Crippen LogP contribution in [0.5, 0.6) is 0 Å². The highest BCUT2D eigenvalue weighted by Gasteiger charge is 2.24. The third kappa shape index (κ3) is 1.65. The summed E-state index contributed by atoms with van der Waals surface area (Å²) in [4.78, 5) is 16.9. The summed E-state index contributed by atoms with van der Waals surface area (Å²) in [5.41, 5.74) is 0.791. The maximum absolute atomic E-state index is 12.4. The molecule has 4 heteroatoms. The highest BCUT2D eigenvalue weighted by atomic mass is 35.5. The molecule has 0 atom stereocenters. The Balaban J connectivity index is 2.31. The molecule has 1 aliphatic carbocycles. The number of hydrogen-bond donors (Lipinski definition) is 0. The molecule has 2 aromatic rings. The summed E-state index contributed by atoms with van der Waals surface area (Å²) in [5.74, 6) is 0.983. The zero-order valence-corrected chi connectivity index (χ0v) is 10.2. The Kier molecular flexibility index (Phi) is 2.63. The Morgan fingerprint density at radius 3 is 2.76 bits per heavy atom. The van der Waals surface area contributed by atoms with Crippen molar-refractivity contribution in [1.29, 1.82) is 0 Å². The zero-order chi connectivity index (χ0) is 11.8. The van der Waals surface area contributed by atoms with E-state index in [0.29, 0.717) is 17.3 Å². The van der Waals surface area contributed by atoms with Gasteiger partial charge in [-0.2, -0.15) is 0 Å². The van der Waals surface area contributed by atoms with Crippen LogP contribution in [0.25, 0.3) is 10.9 Å². The van der Waals surface area contributed by atoms with E-state index < -0.39 is 0 Å². The van der Waals surface area contributed by atoms with Crippen LogP contribution in [0.4, 0.5) is 0 Å². The molecule has 0 amide bonds. The maximum atomic E-state index is 12.4. The maximum Gasteiger partial charge on any atom is 0.261 e. The van der Waals surface area contributed by atoms with Crippen molar-refractivity contribution in [2.45, 2.75) is 31.2 Å². The average molecular weight is 249 g/mol. The van der Waals surface area contributed by atoms with Crippen molar-refractivity contribution in [3.05, 3.63) is 40.4 Å². The minimum Gasteiger partial charge on any atom is -0.292 e. The van der Waals surface area contributed by atoms with E-state index in [4.69, 9.17) is 11.6 Å². The van der Waals surface area contributed by atoms with E-state index in [0.717, 1.165) is 18.4 Å². The summed E-state index contributed by atoms with van der Waals surface area (Å²) < 4.78 is 1.79. The first kappa shape index (κ1) is 10.8. The van der Waals surface area contributed by atoms with E-state index in [9.17, 15) is 4.79 Å². The van der Waals surface area contributed by atoms with Crippen LogP contribution in [0.1, 0.15) is 31.1 Å². The van der Waals surface area contributed by atoms with Gasteiger partial charge < -0.3 is 0 Å². The zero-order valence-electron chi connectivity index (χ0n) is 9.40. The standard InChI is InChI=1S/C13H13ClN2O/c14-8-12-15-11-7-2-1-6-10(11)13(17)16(12)9-4-3-5-9/h1-2,6-7,9H,3-5,8H2. The minimum absolute atomic E-state index is 0.0518. The van der Waals surface area contributed by atoms with Crippen molar-refractivity contribution in [2.75, 3.05) is 0 Å². The third-order valence-corrected chi connectivity index (χ3v) is 3.68. The SMILES string of the molecule is O=c1c2ccccc2nc(CCl)n1C1CCC1. The van der Waals surface area contributed by atoms with Crippen molar-refractivity contribution >= 4 is 22.5 Å². The fraction of sp³-hybridized carbons (Fsp3) is 0.385. The van der Waals surface area contributed by atoms with E-state index in [1.165, 1.54) is 6.42 Å². The van der Waals surface area contributed by atoms with Gasteiger partial charge in [0.05, 0.1) is 16.8 Å². The molecule has 0 spiro atoms. The van der Waals surface area contributed by atoms with Crippen LogP contribution in [0.3, 0.4) is 0 Å². The molecule has 0 bridgehead atoms. The highest BCUT2D eigenvalue weighted by molar-refractivity contribution is 6.16. The molecule has 0 N–H and O–H groups in total. The van der Waals surface area contributed by atoms with Gasteiger partial charge >= 0.3 is 0 Å². The Morgan fingerprint density at radius 1 is 1.35 bits per heavy atom. The number of rotatable bonds is 2. The van der Waals surface area contributed by atoms with Crippen molar-refractivity contribution < 1.29 is 0 Å². The molecule has 3 nitrogen and oxygen atoms in total. The number of nitrogens with zero attached hydrogens (tertiary/aromatic N) is 2. The summed E-state index contributed by atoms with van der Waals surface area (Å²) in [6.45, 7) is 0. The summed E-state index contributed by atoms with van der Waals surface area (Å²) >= 11 is 5.91. The average Bonchev–Trinajstić information content (AvgIpc) is 2.30. The quantitative estimate of drug-likeness (QED) is 0.766. The van der Waals surface area contributed by atoms with Crippen LogP contribution in [0.15, 0.2) is 29.1 Å². The van der Waals surface area contributed by atoms with Crippen LogP contribution >= 0.6 is 11.6 Å². The van der Waals surface area contributed by atoms with Crippen LogP contribution in [-0.2, 0) is 5.88 Å². The Hall–Kier alpha value is -1.35. The van der Waals surface area contributed by atoms with Crippen molar-refractivity contribution in [3.63, 3.8) is 0 Å². The van der Waals surface area contributed by atoms with Gasteiger partial charge in [-0.15, -0.1) is 11.6 Å². The van der Waals surface area contributed by atoms with Gasteiger partial charge in [0.15, 0.2) is 0 Å². The molecule has 88 valence electrons. The predicted octanol–water partition coefficient (Wildman–Crippen LogP) is 2.86. The molecule has 0 saturated heterocycles. The smallest absolute Gasteiger partial charge is 0.261 e. The minimum atomic E-state index is 0.0518. The Labute approximate surface area is 104 Å². The van der Waals surface area contributed by atoms with Crippen LogP contribution in [-0.4, -0.2) is 9.55 Å². The molecule has 0 unspecified atom stereocenters. The molecule has 1 heterocycles. The van der Waals surface area contributed by atoms with Gasteiger partial charge in [0.2, 0.25) is 0 Å². The lowest BCUT2D eigenvalue weighted by atomic mass is 9.92. The van der Waals surface area contributed by atoms with E-state index >= 15 is 0 Å². The number of benzene rings is 1. The van der Waals surface area contributed by atoms with Crippen molar-refractivity contribution in [2.24, 2.45) is 0 Å². The lowest BCUT2D eigenvalue weighted by Crippen LogP contribution is -2.32. The van der Waals surface area contributed by atoms with Crippen molar-refractivity contribution in [3.8, 4) is 0 Å².